The van der Waals surface area contributed by atoms with Gasteiger partial charge in [0.05, 0.1) is 0 Å². The van der Waals surface area contributed by atoms with Gasteiger partial charge >= 0.3 is 41.8 Å². The molecule has 0 amide bonds. The first-order chi connectivity index (χ1) is 10.7. The SMILES string of the molecule is O=C(O)C(CCC(F)(F)C(F)(F)C(F)(F)C(F)(F)C(F)(F)F)C(=O)O. The van der Waals surface area contributed by atoms with Gasteiger partial charge in [-0.3, -0.25) is 9.59 Å². The van der Waals surface area contributed by atoms with Crippen molar-refractivity contribution in [2.45, 2.75) is 42.7 Å². The molecule has 0 saturated heterocycles. The normalized spacial score (nSPS) is 14.7. The first kappa shape index (κ1) is 23.2. The van der Waals surface area contributed by atoms with E-state index >= 15 is 0 Å². The summed E-state index contributed by atoms with van der Waals surface area (Å²) >= 11 is 0. The van der Waals surface area contributed by atoms with Crippen LogP contribution in [0.2, 0.25) is 0 Å². The molecule has 0 aliphatic heterocycles. The van der Waals surface area contributed by atoms with Crippen molar-refractivity contribution >= 4 is 11.9 Å². The summed E-state index contributed by atoms with van der Waals surface area (Å²) in [5.41, 5.74) is 0. The molecular weight excluding hydrogens is 393 g/mol. The zero-order valence-corrected chi connectivity index (χ0v) is 11.4. The van der Waals surface area contributed by atoms with E-state index in [2.05, 4.69) is 0 Å². The molecule has 2 N–H and O–H groups in total. The number of halogens is 11. The van der Waals surface area contributed by atoms with Crippen molar-refractivity contribution in [3.8, 4) is 0 Å². The minimum Gasteiger partial charge on any atom is -0.481 e. The van der Waals surface area contributed by atoms with Crippen LogP contribution in [0.1, 0.15) is 12.8 Å². The zero-order valence-electron chi connectivity index (χ0n) is 11.4. The monoisotopic (exact) mass is 400 g/mol. The lowest BCUT2D eigenvalue weighted by molar-refractivity contribution is -0.422. The van der Waals surface area contributed by atoms with Gasteiger partial charge in [0.25, 0.3) is 0 Å². The van der Waals surface area contributed by atoms with E-state index in [9.17, 15) is 57.9 Å². The third kappa shape index (κ3) is 3.89. The number of rotatable bonds is 8. The van der Waals surface area contributed by atoms with Gasteiger partial charge in [-0.05, 0) is 6.42 Å². The molecule has 4 nitrogen and oxygen atoms in total. The summed E-state index contributed by atoms with van der Waals surface area (Å²) in [5, 5.41) is 16.6. The maximum absolute atomic E-state index is 13.2. The molecule has 148 valence electrons. The van der Waals surface area contributed by atoms with Crippen LogP contribution in [0.25, 0.3) is 0 Å². The van der Waals surface area contributed by atoms with Crippen LogP contribution in [0.4, 0.5) is 48.3 Å². The third-order valence-corrected chi connectivity index (χ3v) is 2.95. The minimum atomic E-state index is -7.61. The molecule has 0 aromatic rings. The number of carboxylic acid groups (broad SMARTS) is 2. The van der Waals surface area contributed by atoms with Crippen molar-refractivity contribution in [2.75, 3.05) is 0 Å². The van der Waals surface area contributed by atoms with E-state index in [0.717, 1.165) is 0 Å². The molecule has 0 spiro atoms. The Morgan fingerprint density at radius 3 is 1.32 bits per heavy atom. The van der Waals surface area contributed by atoms with Crippen molar-refractivity contribution in [2.24, 2.45) is 5.92 Å². The molecule has 0 aromatic heterocycles. The Hall–Kier alpha value is -1.83. The average Bonchev–Trinajstić information content (AvgIpc) is 2.35. The lowest BCUT2D eigenvalue weighted by Crippen LogP contribution is -2.66. The van der Waals surface area contributed by atoms with Gasteiger partial charge in [-0.15, -0.1) is 0 Å². The van der Waals surface area contributed by atoms with Crippen LogP contribution >= 0.6 is 0 Å². The van der Waals surface area contributed by atoms with Gasteiger partial charge in [0, 0.05) is 6.42 Å². The van der Waals surface area contributed by atoms with Crippen LogP contribution in [0, 0.1) is 5.92 Å². The second-order valence-corrected chi connectivity index (χ2v) is 4.69. The lowest BCUT2D eigenvalue weighted by atomic mass is 9.92. The molecule has 0 radical (unpaired) electrons. The molecule has 0 heterocycles. The Balaban J connectivity index is 5.74. The highest BCUT2D eigenvalue weighted by Crippen LogP contribution is 2.58. The summed E-state index contributed by atoms with van der Waals surface area (Å²) in [7, 11) is 0. The summed E-state index contributed by atoms with van der Waals surface area (Å²) in [6, 6.07) is 0. The average molecular weight is 400 g/mol. The minimum absolute atomic E-state index is 1.94. The lowest BCUT2D eigenvalue weighted by Gasteiger charge is -2.37. The van der Waals surface area contributed by atoms with Crippen molar-refractivity contribution in [3.05, 3.63) is 0 Å². The highest BCUT2D eigenvalue weighted by molar-refractivity contribution is 5.92. The van der Waals surface area contributed by atoms with E-state index < -0.39 is 60.6 Å². The van der Waals surface area contributed by atoms with Crippen LogP contribution in [-0.2, 0) is 9.59 Å². The third-order valence-electron chi connectivity index (χ3n) is 2.95. The molecule has 0 aromatic carbocycles. The van der Waals surface area contributed by atoms with Gasteiger partial charge in [0.1, 0.15) is 0 Å². The molecule has 0 aliphatic rings. The first-order valence-corrected chi connectivity index (χ1v) is 5.77. The van der Waals surface area contributed by atoms with Crippen LogP contribution in [0.15, 0.2) is 0 Å². The second kappa shape index (κ2) is 6.48. The second-order valence-electron chi connectivity index (χ2n) is 4.69. The predicted molar refractivity (Wildman–Crippen MR) is 53.8 cm³/mol. The molecule has 0 saturated carbocycles. The molecular formula is C10H7F11O4. The highest BCUT2D eigenvalue weighted by Gasteiger charge is 2.86. The molecule has 25 heavy (non-hydrogen) atoms. The Morgan fingerprint density at radius 1 is 0.680 bits per heavy atom. The number of alkyl halides is 11. The van der Waals surface area contributed by atoms with Gasteiger partial charge in [-0.2, -0.15) is 48.3 Å². The summed E-state index contributed by atoms with van der Waals surface area (Å²) in [4.78, 5) is 20.7. The molecule has 15 heteroatoms. The van der Waals surface area contributed by atoms with E-state index in [1.54, 1.807) is 0 Å². The van der Waals surface area contributed by atoms with Gasteiger partial charge in [-0.25, -0.2) is 0 Å². The number of aliphatic carboxylic acids is 2. The van der Waals surface area contributed by atoms with E-state index in [1.165, 1.54) is 0 Å². The topological polar surface area (TPSA) is 74.6 Å². The zero-order chi connectivity index (χ0) is 20.6. The number of hydrogen-bond donors (Lipinski definition) is 2. The molecule has 0 fully saturated rings. The van der Waals surface area contributed by atoms with Gasteiger partial charge in [-0.1, -0.05) is 0 Å². The number of hydrogen-bond acceptors (Lipinski definition) is 2. The molecule has 0 aliphatic carbocycles. The van der Waals surface area contributed by atoms with Crippen molar-refractivity contribution in [3.63, 3.8) is 0 Å². The Bertz CT molecular complexity index is 511. The maximum atomic E-state index is 13.2. The van der Waals surface area contributed by atoms with Crippen molar-refractivity contribution in [1.82, 2.24) is 0 Å². The smallest absolute Gasteiger partial charge is 0.460 e. The maximum Gasteiger partial charge on any atom is 0.460 e. The Labute approximate surface area is 130 Å². The summed E-state index contributed by atoms with van der Waals surface area (Å²) in [6.45, 7) is 0. The van der Waals surface area contributed by atoms with E-state index in [0.29, 0.717) is 0 Å². The predicted octanol–water partition coefficient (Wildman–Crippen LogP) is 3.66. The Morgan fingerprint density at radius 2 is 1.04 bits per heavy atom. The quantitative estimate of drug-likeness (QED) is 0.482. The van der Waals surface area contributed by atoms with Crippen LogP contribution in [0.5, 0.6) is 0 Å². The fraction of sp³-hybridized carbons (Fsp3) is 0.800. The van der Waals surface area contributed by atoms with Crippen molar-refractivity contribution in [1.29, 1.82) is 0 Å². The van der Waals surface area contributed by atoms with Gasteiger partial charge < -0.3 is 10.2 Å². The molecule has 0 rings (SSSR count). The van der Waals surface area contributed by atoms with Gasteiger partial charge in [0.2, 0.25) is 0 Å². The highest BCUT2D eigenvalue weighted by atomic mass is 19.4. The molecule has 0 atom stereocenters. The number of carbonyl (C=O) groups is 2. The largest absolute Gasteiger partial charge is 0.481 e. The fourth-order valence-electron chi connectivity index (χ4n) is 1.44. The van der Waals surface area contributed by atoms with Crippen LogP contribution in [0.3, 0.4) is 0 Å². The molecule has 0 bridgehead atoms. The standard InChI is InChI=1S/C10H7F11O4/c11-6(12,2-1-3(4(22)23)5(24)25)7(13,14)8(15,16)9(17,18)10(19,20)21/h3H,1-2H2,(H,22,23)(H,24,25). The van der Waals surface area contributed by atoms with Crippen LogP contribution < -0.4 is 0 Å². The van der Waals surface area contributed by atoms with Crippen LogP contribution in [-0.4, -0.2) is 52.0 Å². The van der Waals surface area contributed by atoms with Gasteiger partial charge in [0.15, 0.2) is 5.92 Å². The number of carboxylic acids is 2. The fourth-order valence-corrected chi connectivity index (χ4v) is 1.44. The van der Waals surface area contributed by atoms with E-state index in [-0.39, 0.29) is 0 Å². The molecule has 0 unspecified atom stereocenters. The Kier molecular flexibility index (Phi) is 6.00. The summed E-state index contributed by atoms with van der Waals surface area (Å²) in [6.07, 6.45) is -12.0. The van der Waals surface area contributed by atoms with Crippen molar-refractivity contribution < 1.29 is 68.1 Å². The van der Waals surface area contributed by atoms with E-state index in [1.807, 2.05) is 0 Å². The van der Waals surface area contributed by atoms with E-state index in [4.69, 9.17) is 10.2 Å². The summed E-state index contributed by atoms with van der Waals surface area (Å²) in [5.74, 6) is -36.2. The first-order valence-electron chi connectivity index (χ1n) is 5.77. The summed E-state index contributed by atoms with van der Waals surface area (Å²) < 4.78 is 139.